The predicted molar refractivity (Wildman–Crippen MR) is 59.3 cm³/mol. The fourth-order valence-corrected chi connectivity index (χ4v) is 2.32. The maximum absolute atomic E-state index is 6.02. The molecule has 0 amide bonds. The predicted octanol–water partition coefficient (Wildman–Crippen LogP) is 2.95. The first-order valence-electron chi connectivity index (χ1n) is 5.14. The van der Waals surface area contributed by atoms with Crippen molar-refractivity contribution in [1.29, 1.82) is 0 Å². The van der Waals surface area contributed by atoms with E-state index >= 15 is 0 Å². The monoisotopic (exact) mass is 201 g/mol. The van der Waals surface area contributed by atoms with Crippen LogP contribution in [0.25, 0.3) is 0 Å². The molecule has 0 atom stereocenters. The molecule has 1 rings (SSSR count). The van der Waals surface area contributed by atoms with Gasteiger partial charge in [0.1, 0.15) is 0 Å². The largest absolute Gasteiger partial charge is 0.307 e. The summed E-state index contributed by atoms with van der Waals surface area (Å²) in [6.07, 6.45) is 6.94. The lowest BCUT2D eigenvalue weighted by Crippen LogP contribution is -2.49. The van der Waals surface area contributed by atoms with Crippen LogP contribution in [0, 0.1) is 5.92 Å². The summed E-state index contributed by atoms with van der Waals surface area (Å²) >= 11 is 6.02. The minimum atomic E-state index is 0.197. The van der Waals surface area contributed by atoms with Crippen molar-refractivity contribution < 1.29 is 0 Å². The van der Waals surface area contributed by atoms with E-state index in [0.717, 1.165) is 18.3 Å². The number of halogens is 1. The Bertz CT molecular complexity index is 159. The van der Waals surface area contributed by atoms with E-state index in [2.05, 4.69) is 18.8 Å². The van der Waals surface area contributed by atoms with Gasteiger partial charge in [0, 0.05) is 18.0 Å². The van der Waals surface area contributed by atoms with E-state index in [9.17, 15) is 0 Å². The van der Waals surface area contributed by atoms with E-state index in [1.165, 1.54) is 25.7 Å². The molecule has 0 saturated heterocycles. The first kappa shape index (κ1) is 11.1. The number of rotatable bonds is 4. The highest BCUT2D eigenvalue weighted by molar-refractivity contribution is 6.18. The van der Waals surface area contributed by atoms with E-state index in [4.69, 9.17) is 11.6 Å². The van der Waals surface area contributed by atoms with Crippen molar-refractivity contribution in [1.82, 2.24) is 5.32 Å². The van der Waals surface area contributed by atoms with Crippen molar-refractivity contribution in [2.75, 3.05) is 12.4 Å². The molecule has 1 aliphatic carbocycles. The third-order valence-electron chi connectivity index (χ3n) is 3.11. The molecule has 0 unspecified atom stereocenters. The minimum absolute atomic E-state index is 0.197. The van der Waals surface area contributed by atoms with Crippen LogP contribution in [0.5, 0.6) is 0 Å². The normalized spacial score (nSPS) is 34.5. The standard InChI is InChI=1S/C11H20ClN/c1-3-8-13-11(9-12)6-4-10(2)5-7-11/h3,10,13H,1,4-9H2,2H3. The Morgan fingerprint density at radius 1 is 1.54 bits per heavy atom. The third-order valence-corrected chi connectivity index (χ3v) is 3.62. The summed E-state index contributed by atoms with van der Waals surface area (Å²) in [6, 6.07) is 0. The topological polar surface area (TPSA) is 12.0 Å². The zero-order chi connectivity index (χ0) is 9.73. The van der Waals surface area contributed by atoms with E-state index in [0.29, 0.717) is 0 Å². The van der Waals surface area contributed by atoms with Gasteiger partial charge in [-0.3, -0.25) is 0 Å². The van der Waals surface area contributed by atoms with Crippen LogP contribution in [0.15, 0.2) is 12.7 Å². The van der Waals surface area contributed by atoms with Crippen molar-refractivity contribution in [3.8, 4) is 0 Å². The van der Waals surface area contributed by atoms with Crippen molar-refractivity contribution in [3.63, 3.8) is 0 Å². The molecule has 0 heterocycles. The molecule has 1 fully saturated rings. The number of alkyl halides is 1. The molecule has 2 heteroatoms. The first-order chi connectivity index (χ1) is 6.22. The van der Waals surface area contributed by atoms with Gasteiger partial charge in [0.2, 0.25) is 0 Å². The number of hydrogen-bond acceptors (Lipinski definition) is 1. The van der Waals surface area contributed by atoms with Crippen LogP contribution in [0.1, 0.15) is 32.6 Å². The Hall–Kier alpha value is -0.0100. The minimum Gasteiger partial charge on any atom is -0.307 e. The van der Waals surface area contributed by atoms with Crippen LogP contribution < -0.4 is 5.32 Å². The van der Waals surface area contributed by atoms with Gasteiger partial charge in [-0.05, 0) is 31.6 Å². The molecule has 0 aromatic carbocycles. The Morgan fingerprint density at radius 2 is 2.15 bits per heavy atom. The summed E-state index contributed by atoms with van der Waals surface area (Å²) in [5, 5.41) is 3.50. The fourth-order valence-electron chi connectivity index (χ4n) is 1.96. The zero-order valence-electron chi connectivity index (χ0n) is 8.48. The number of hydrogen-bond donors (Lipinski definition) is 1. The summed E-state index contributed by atoms with van der Waals surface area (Å²) in [5.41, 5.74) is 0.197. The second-order valence-electron chi connectivity index (χ2n) is 4.27. The molecule has 0 aliphatic heterocycles. The molecule has 0 aromatic heterocycles. The quantitative estimate of drug-likeness (QED) is 0.545. The van der Waals surface area contributed by atoms with Gasteiger partial charge in [-0.2, -0.15) is 0 Å². The SMILES string of the molecule is C=CCNC1(CCl)CCC(C)CC1. The Kier molecular flexibility index (Phi) is 4.27. The molecule has 1 N–H and O–H groups in total. The molecule has 1 saturated carbocycles. The van der Waals surface area contributed by atoms with Gasteiger partial charge >= 0.3 is 0 Å². The highest BCUT2D eigenvalue weighted by atomic mass is 35.5. The highest BCUT2D eigenvalue weighted by Gasteiger charge is 2.32. The average Bonchev–Trinajstić information content (AvgIpc) is 2.18. The second-order valence-corrected chi connectivity index (χ2v) is 4.53. The van der Waals surface area contributed by atoms with Crippen LogP contribution in [0.2, 0.25) is 0 Å². The summed E-state index contributed by atoms with van der Waals surface area (Å²) in [7, 11) is 0. The molecule has 0 radical (unpaired) electrons. The fraction of sp³-hybridized carbons (Fsp3) is 0.818. The van der Waals surface area contributed by atoms with Crippen molar-refractivity contribution in [2.24, 2.45) is 5.92 Å². The summed E-state index contributed by atoms with van der Waals surface area (Å²) in [5.74, 6) is 1.61. The maximum Gasteiger partial charge on any atom is 0.0406 e. The third kappa shape index (κ3) is 2.99. The van der Waals surface area contributed by atoms with Gasteiger partial charge in [-0.1, -0.05) is 13.0 Å². The van der Waals surface area contributed by atoms with Gasteiger partial charge < -0.3 is 5.32 Å². The number of nitrogens with one attached hydrogen (secondary N) is 1. The van der Waals surface area contributed by atoms with Gasteiger partial charge in [0.05, 0.1) is 0 Å². The molecule has 0 aromatic rings. The van der Waals surface area contributed by atoms with E-state index in [1.54, 1.807) is 0 Å². The van der Waals surface area contributed by atoms with Crippen molar-refractivity contribution in [2.45, 2.75) is 38.1 Å². The molecule has 0 bridgehead atoms. The molecule has 1 nitrogen and oxygen atoms in total. The van der Waals surface area contributed by atoms with Crippen LogP contribution >= 0.6 is 11.6 Å². The van der Waals surface area contributed by atoms with Gasteiger partial charge in [0.25, 0.3) is 0 Å². The van der Waals surface area contributed by atoms with Gasteiger partial charge in [0.15, 0.2) is 0 Å². The summed E-state index contributed by atoms with van der Waals surface area (Å²) in [6.45, 7) is 6.92. The molecule has 1 aliphatic rings. The van der Waals surface area contributed by atoms with Crippen molar-refractivity contribution >= 4 is 11.6 Å². The highest BCUT2D eigenvalue weighted by Crippen LogP contribution is 2.32. The van der Waals surface area contributed by atoms with E-state index in [-0.39, 0.29) is 5.54 Å². The van der Waals surface area contributed by atoms with Crippen LogP contribution in [-0.4, -0.2) is 18.0 Å². The summed E-state index contributed by atoms with van der Waals surface area (Å²) < 4.78 is 0. The maximum atomic E-state index is 6.02. The van der Waals surface area contributed by atoms with E-state index < -0.39 is 0 Å². The lowest BCUT2D eigenvalue weighted by molar-refractivity contribution is 0.224. The van der Waals surface area contributed by atoms with Crippen LogP contribution in [0.4, 0.5) is 0 Å². The molecular weight excluding hydrogens is 182 g/mol. The summed E-state index contributed by atoms with van der Waals surface area (Å²) in [4.78, 5) is 0. The van der Waals surface area contributed by atoms with Crippen LogP contribution in [0.3, 0.4) is 0 Å². The lowest BCUT2D eigenvalue weighted by atomic mass is 9.78. The molecule has 76 valence electrons. The van der Waals surface area contributed by atoms with Crippen molar-refractivity contribution in [3.05, 3.63) is 12.7 Å². The second kappa shape index (κ2) is 5.02. The van der Waals surface area contributed by atoms with Gasteiger partial charge in [-0.25, -0.2) is 0 Å². The zero-order valence-corrected chi connectivity index (χ0v) is 9.24. The first-order valence-corrected chi connectivity index (χ1v) is 5.68. The van der Waals surface area contributed by atoms with E-state index in [1.807, 2.05) is 6.08 Å². The van der Waals surface area contributed by atoms with Gasteiger partial charge in [-0.15, -0.1) is 18.2 Å². The molecule has 13 heavy (non-hydrogen) atoms. The Morgan fingerprint density at radius 3 is 2.62 bits per heavy atom. The smallest absolute Gasteiger partial charge is 0.0406 e. The lowest BCUT2D eigenvalue weighted by Gasteiger charge is -2.38. The van der Waals surface area contributed by atoms with Crippen LogP contribution in [-0.2, 0) is 0 Å². The molecular formula is C11H20ClN. The average molecular weight is 202 g/mol. The Labute approximate surface area is 86.5 Å². The molecule has 0 spiro atoms. The Balaban J connectivity index is 2.44.